The predicted molar refractivity (Wildman–Crippen MR) is 85.7 cm³/mol. The normalized spacial score (nSPS) is 10.6. The summed E-state index contributed by atoms with van der Waals surface area (Å²) in [6, 6.07) is 11.6. The fourth-order valence-electron chi connectivity index (χ4n) is 2.09. The zero-order chi connectivity index (χ0) is 16.8. The summed E-state index contributed by atoms with van der Waals surface area (Å²) in [5.41, 5.74) is 0.958. The van der Waals surface area contributed by atoms with E-state index in [-0.39, 0.29) is 24.0 Å². The number of carbonyl (C=O) groups excluding carboxylic acids is 1. The van der Waals surface area contributed by atoms with E-state index in [4.69, 9.17) is 4.74 Å². The van der Waals surface area contributed by atoms with Crippen molar-refractivity contribution in [3.8, 4) is 5.88 Å². The van der Waals surface area contributed by atoms with E-state index in [0.29, 0.717) is 23.6 Å². The van der Waals surface area contributed by atoms with Gasteiger partial charge in [-0.25, -0.2) is 4.98 Å². The maximum Gasteiger partial charge on any atom is 0.330 e. The van der Waals surface area contributed by atoms with E-state index < -0.39 is 4.92 Å². The highest BCUT2D eigenvalue weighted by Crippen LogP contribution is 2.25. The van der Waals surface area contributed by atoms with Crippen molar-refractivity contribution in [1.82, 2.24) is 4.98 Å². The van der Waals surface area contributed by atoms with Crippen LogP contribution in [0.1, 0.15) is 29.9 Å². The molecular weight excluding hydrogens is 296 g/mol. The molecule has 0 radical (unpaired) electrons. The second-order valence-electron chi connectivity index (χ2n) is 5.56. The molecule has 0 spiro atoms. The standard InChI is InChI=1S/C17H18N2O4/c1-12(2)10-14-8-9-15(19(21)22)17(18-14)23-11-16(20)13-6-4-3-5-7-13/h3-9,12H,10-11H2,1-2H3. The topological polar surface area (TPSA) is 82.3 Å². The summed E-state index contributed by atoms with van der Waals surface area (Å²) >= 11 is 0. The van der Waals surface area contributed by atoms with Crippen LogP contribution in [0.2, 0.25) is 0 Å². The highest BCUT2D eigenvalue weighted by atomic mass is 16.6. The summed E-state index contributed by atoms with van der Waals surface area (Å²) in [4.78, 5) is 26.7. The summed E-state index contributed by atoms with van der Waals surface area (Å²) in [6.07, 6.45) is 0.682. The van der Waals surface area contributed by atoms with Gasteiger partial charge in [-0.1, -0.05) is 44.2 Å². The molecule has 0 saturated carbocycles. The number of hydrogen-bond donors (Lipinski definition) is 0. The Hall–Kier alpha value is -2.76. The predicted octanol–water partition coefficient (Wildman–Crippen LogP) is 3.45. The summed E-state index contributed by atoms with van der Waals surface area (Å²) in [5, 5.41) is 11.1. The third kappa shape index (κ3) is 4.60. The summed E-state index contributed by atoms with van der Waals surface area (Å²) in [5.74, 6) is -0.00357. The number of hydrogen-bond acceptors (Lipinski definition) is 5. The van der Waals surface area contributed by atoms with Crippen molar-refractivity contribution in [2.24, 2.45) is 5.92 Å². The Balaban J connectivity index is 2.16. The molecule has 0 aliphatic rings. The minimum absolute atomic E-state index is 0.113. The molecule has 0 aliphatic carbocycles. The molecule has 0 N–H and O–H groups in total. The van der Waals surface area contributed by atoms with Crippen molar-refractivity contribution >= 4 is 11.5 Å². The third-order valence-electron chi connectivity index (χ3n) is 3.15. The van der Waals surface area contributed by atoms with Gasteiger partial charge in [0.15, 0.2) is 12.4 Å². The van der Waals surface area contributed by atoms with Gasteiger partial charge < -0.3 is 4.74 Å². The Bertz CT molecular complexity index is 699. The van der Waals surface area contributed by atoms with Crippen molar-refractivity contribution in [3.05, 3.63) is 63.8 Å². The van der Waals surface area contributed by atoms with Gasteiger partial charge in [0.1, 0.15) is 0 Å². The summed E-state index contributed by atoms with van der Waals surface area (Å²) in [7, 11) is 0. The van der Waals surface area contributed by atoms with Gasteiger partial charge in [-0.2, -0.15) is 0 Å². The van der Waals surface area contributed by atoms with Crippen LogP contribution in [0, 0.1) is 16.0 Å². The number of pyridine rings is 1. The van der Waals surface area contributed by atoms with Gasteiger partial charge in [0.05, 0.1) is 4.92 Å². The first kappa shape index (κ1) is 16.6. The van der Waals surface area contributed by atoms with Gasteiger partial charge >= 0.3 is 5.69 Å². The highest BCUT2D eigenvalue weighted by molar-refractivity contribution is 5.97. The molecule has 1 aromatic heterocycles. The number of carbonyl (C=O) groups is 1. The van der Waals surface area contributed by atoms with Crippen LogP contribution in [0.4, 0.5) is 5.69 Å². The Kier molecular flexibility index (Phi) is 5.41. The zero-order valence-electron chi connectivity index (χ0n) is 13.1. The second-order valence-corrected chi connectivity index (χ2v) is 5.56. The van der Waals surface area contributed by atoms with Gasteiger partial charge in [-0.3, -0.25) is 14.9 Å². The average molecular weight is 314 g/mol. The Labute approximate surface area is 134 Å². The van der Waals surface area contributed by atoms with Crippen LogP contribution < -0.4 is 4.74 Å². The van der Waals surface area contributed by atoms with Crippen LogP contribution >= 0.6 is 0 Å². The lowest BCUT2D eigenvalue weighted by Gasteiger charge is -2.08. The molecule has 6 heteroatoms. The quantitative estimate of drug-likeness (QED) is 0.444. The Morgan fingerprint density at radius 1 is 1.22 bits per heavy atom. The van der Waals surface area contributed by atoms with Gasteiger partial charge in [0.2, 0.25) is 0 Å². The van der Waals surface area contributed by atoms with Gasteiger partial charge in [-0.05, 0) is 18.4 Å². The molecule has 23 heavy (non-hydrogen) atoms. The van der Waals surface area contributed by atoms with Crippen molar-refractivity contribution in [1.29, 1.82) is 0 Å². The molecule has 0 aliphatic heterocycles. The minimum atomic E-state index is -0.561. The van der Waals surface area contributed by atoms with Crippen molar-refractivity contribution < 1.29 is 14.5 Å². The van der Waals surface area contributed by atoms with Crippen LogP contribution in [0.25, 0.3) is 0 Å². The van der Waals surface area contributed by atoms with Crippen LogP contribution in [0.3, 0.4) is 0 Å². The van der Waals surface area contributed by atoms with E-state index in [9.17, 15) is 14.9 Å². The van der Waals surface area contributed by atoms with Gasteiger partial charge in [0, 0.05) is 17.3 Å². The lowest BCUT2D eigenvalue weighted by Crippen LogP contribution is -2.13. The number of Topliss-reactive ketones (excluding diaryl/α,β-unsaturated/α-hetero) is 1. The molecule has 2 rings (SSSR count). The zero-order valence-corrected chi connectivity index (χ0v) is 13.1. The summed E-state index contributed by atoms with van der Waals surface area (Å²) < 4.78 is 5.33. The van der Waals surface area contributed by atoms with Crippen molar-refractivity contribution in [2.45, 2.75) is 20.3 Å². The third-order valence-corrected chi connectivity index (χ3v) is 3.15. The van der Waals surface area contributed by atoms with Gasteiger partial charge in [-0.15, -0.1) is 0 Å². The van der Waals surface area contributed by atoms with E-state index in [1.54, 1.807) is 36.4 Å². The molecule has 0 fully saturated rings. The van der Waals surface area contributed by atoms with Crippen LogP contribution in [0.5, 0.6) is 5.88 Å². The smallest absolute Gasteiger partial charge is 0.330 e. The molecule has 0 atom stereocenters. The van der Waals surface area contributed by atoms with Crippen molar-refractivity contribution in [2.75, 3.05) is 6.61 Å². The lowest BCUT2D eigenvalue weighted by atomic mass is 10.1. The molecule has 6 nitrogen and oxygen atoms in total. The summed E-state index contributed by atoms with van der Waals surface area (Å²) in [6.45, 7) is 3.77. The molecule has 2 aromatic rings. The first-order chi connectivity index (χ1) is 11.0. The number of ether oxygens (including phenoxy) is 1. The van der Waals surface area contributed by atoms with Crippen LogP contribution in [-0.2, 0) is 6.42 Å². The molecule has 0 amide bonds. The van der Waals surface area contributed by atoms with Crippen LogP contribution in [-0.4, -0.2) is 22.3 Å². The first-order valence-electron chi connectivity index (χ1n) is 7.32. The van der Waals surface area contributed by atoms with E-state index in [2.05, 4.69) is 4.98 Å². The average Bonchev–Trinajstić information content (AvgIpc) is 2.52. The molecule has 120 valence electrons. The van der Waals surface area contributed by atoms with E-state index in [0.717, 1.165) is 0 Å². The van der Waals surface area contributed by atoms with E-state index >= 15 is 0 Å². The van der Waals surface area contributed by atoms with E-state index in [1.807, 2.05) is 13.8 Å². The Morgan fingerprint density at radius 3 is 2.52 bits per heavy atom. The van der Waals surface area contributed by atoms with E-state index in [1.165, 1.54) is 6.07 Å². The second kappa shape index (κ2) is 7.49. The lowest BCUT2D eigenvalue weighted by molar-refractivity contribution is -0.386. The highest BCUT2D eigenvalue weighted by Gasteiger charge is 2.19. The molecule has 0 bridgehead atoms. The SMILES string of the molecule is CC(C)Cc1ccc([N+](=O)[O-])c(OCC(=O)c2ccccc2)n1. The largest absolute Gasteiger partial charge is 0.464 e. The maximum absolute atomic E-state index is 12.0. The van der Waals surface area contributed by atoms with Gasteiger partial charge in [0.25, 0.3) is 5.88 Å². The molecule has 0 unspecified atom stereocenters. The number of ketones is 1. The molecular formula is C17H18N2O4. The number of aromatic nitrogens is 1. The minimum Gasteiger partial charge on any atom is -0.464 e. The van der Waals surface area contributed by atoms with Crippen LogP contribution in [0.15, 0.2) is 42.5 Å². The molecule has 1 heterocycles. The maximum atomic E-state index is 12.0. The monoisotopic (exact) mass is 314 g/mol. The number of rotatable bonds is 7. The van der Waals surface area contributed by atoms with Crippen molar-refractivity contribution in [3.63, 3.8) is 0 Å². The fourth-order valence-corrected chi connectivity index (χ4v) is 2.09. The first-order valence-corrected chi connectivity index (χ1v) is 7.32. The number of benzene rings is 1. The molecule has 1 aromatic carbocycles. The number of nitrogens with zero attached hydrogens (tertiary/aromatic N) is 2. The number of nitro groups is 1. The Morgan fingerprint density at radius 2 is 1.91 bits per heavy atom. The fraction of sp³-hybridized carbons (Fsp3) is 0.294. The molecule has 0 saturated heterocycles.